The topological polar surface area (TPSA) is 128 Å². The fourth-order valence-corrected chi connectivity index (χ4v) is 4.30. The van der Waals surface area contributed by atoms with Crippen molar-refractivity contribution in [1.29, 1.82) is 0 Å². The van der Waals surface area contributed by atoms with Gasteiger partial charge in [0.25, 0.3) is 0 Å². The van der Waals surface area contributed by atoms with Crippen LogP contribution in [0.4, 0.5) is 0 Å². The maximum atomic E-state index is 10.9. The van der Waals surface area contributed by atoms with E-state index in [9.17, 15) is 30.6 Å². The van der Waals surface area contributed by atoms with Gasteiger partial charge in [0.05, 0.1) is 26.4 Å². The van der Waals surface area contributed by atoms with Crippen molar-refractivity contribution in [2.45, 2.75) is 25.9 Å². The van der Waals surface area contributed by atoms with Gasteiger partial charge in [-0.25, -0.2) is 0 Å². The van der Waals surface area contributed by atoms with Gasteiger partial charge in [-0.05, 0) is 59.4 Å². The lowest BCUT2D eigenvalue weighted by Crippen LogP contribution is -2.29. The normalized spacial score (nSPS) is 11.4. The first-order valence-electron chi connectivity index (χ1n) is 12.2. The van der Waals surface area contributed by atoms with E-state index in [1.165, 1.54) is 0 Å². The number of aromatic hydroxyl groups is 2. The Hall–Kier alpha value is -2.72. The Balaban J connectivity index is 2.62. The summed E-state index contributed by atoms with van der Waals surface area (Å²) in [6, 6.07) is 7.57. The first-order valence-corrected chi connectivity index (χ1v) is 12.2. The number of nitrogens with zero attached hydrogens (tertiary/aromatic N) is 2. The summed E-state index contributed by atoms with van der Waals surface area (Å²) >= 11 is 0. The molecule has 0 fully saturated rings. The van der Waals surface area contributed by atoms with Crippen LogP contribution in [0.2, 0.25) is 0 Å². The number of rotatable bonds is 17. The van der Waals surface area contributed by atoms with Crippen LogP contribution in [-0.2, 0) is 25.9 Å². The quantitative estimate of drug-likeness (QED) is 0.182. The lowest BCUT2D eigenvalue weighted by Gasteiger charge is -2.23. The smallest absolute Gasteiger partial charge is 0.123 e. The largest absolute Gasteiger partial charge is 0.507 e. The van der Waals surface area contributed by atoms with Crippen molar-refractivity contribution in [2.75, 3.05) is 52.6 Å². The minimum Gasteiger partial charge on any atom is -0.507 e. The standard InChI is InChI=1S/C28H40N2O6/c1-3-5-21-15-23(17-25(27(21)35)19-29(7-11-31)8-12-32)24-16-22(6-4-2)28(36)26(18-24)20-30(9-13-33)10-14-34/h3-4,15-18,31-36H,1-2,5-14,19-20H2. The highest BCUT2D eigenvalue weighted by Gasteiger charge is 2.17. The summed E-state index contributed by atoms with van der Waals surface area (Å²) in [5.41, 5.74) is 4.41. The van der Waals surface area contributed by atoms with Crippen LogP contribution in [0, 0.1) is 0 Å². The van der Waals surface area contributed by atoms with Gasteiger partial charge in [0.2, 0.25) is 0 Å². The molecule has 2 aromatic rings. The van der Waals surface area contributed by atoms with E-state index in [4.69, 9.17) is 0 Å². The number of hydrogen-bond acceptors (Lipinski definition) is 8. The van der Waals surface area contributed by atoms with Gasteiger partial charge in [-0.3, -0.25) is 9.80 Å². The molecule has 2 aromatic carbocycles. The third-order valence-corrected chi connectivity index (χ3v) is 6.05. The van der Waals surface area contributed by atoms with Crippen molar-refractivity contribution in [3.63, 3.8) is 0 Å². The molecular weight excluding hydrogens is 460 g/mol. The number of phenols is 2. The van der Waals surface area contributed by atoms with Crippen LogP contribution in [0.5, 0.6) is 11.5 Å². The second kappa shape index (κ2) is 15.4. The number of benzene rings is 2. The Labute approximate surface area is 213 Å². The van der Waals surface area contributed by atoms with Crippen molar-refractivity contribution < 1.29 is 30.6 Å². The molecule has 6 N–H and O–H groups in total. The number of aliphatic hydroxyl groups excluding tert-OH is 4. The van der Waals surface area contributed by atoms with Gasteiger partial charge in [0.15, 0.2) is 0 Å². The van der Waals surface area contributed by atoms with E-state index in [0.29, 0.717) is 74.4 Å². The van der Waals surface area contributed by atoms with Crippen molar-refractivity contribution in [3.05, 3.63) is 71.8 Å². The molecular formula is C28H40N2O6. The summed E-state index contributed by atoms with van der Waals surface area (Å²) in [5.74, 6) is 0.309. The summed E-state index contributed by atoms with van der Waals surface area (Å²) in [7, 11) is 0. The van der Waals surface area contributed by atoms with E-state index in [0.717, 1.165) is 11.1 Å². The van der Waals surface area contributed by atoms with E-state index in [-0.39, 0.29) is 37.9 Å². The Morgan fingerprint density at radius 3 is 1.14 bits per heavy atom. The van der Waals surface area contributed by atoms with Gasteiger partial charge < -0.3 is 30.6 Å². The van der Waals surface area contributed by atoms with Gasteiger partial charge in [-0.2, -0.15) is 0 Å². The van der Waals surface area contributed by atoms with Gasteiger partial charge in [0, 0.05) is 50.4 Å². The monoisotopic (exact) mass is 500 g/mol. The van der Waals surface area contributed by atoms with Crippen LogP contribution in [0.3, 0.4) is 0 Å². The molecule has 2 rings (SSSR count). The third kappa shape index (κ3) is 8.16. The molecule has 0 saturated carbocycles. The highest BCUT2D eigenvalue weighted by molar-refractivity contribution is 5.71. The molecule has 0 bridgehead atoms. The Morgan fingerprint density at radius 2 is 0.861 bits per heavy atom. The molecule has 0 aliphatic rings. The van der Waals surface area contributed by atoms with Crippen LogP contribution in [0.1, 0.15) is 22.3 Å². The van der Waals surface area contributed by atoms with Crippen molar-refractivity contribution in [3.8, 4) is 22.6 Å². The zero-order chi connectivity index (χ0) is 26.5. The molecule has 0 aromatic heterocycles. The van der Waals surface area contributed by atoms with Crippen molar-refractivity contribution >= 4 is 0 Å². The summed E-state index contributed by atoms with van der Waals surface area (Å²) in [6.45, 7) is 9.47. The van der Waals surface area contributed by atoms with Crippen LogP contribution < -0.4 is 0 Å². The fourth-order valence-electron chi connectivity index (χ4n) is 4.30. The lowest BCUT2D eigenvalue weighted by atomic mass is 9.93. The molecule has 0 amide bonds. The van der Waals surface area contributed by atoms with Gasteiger partial charge >= 0.3 is 0 Å². The lowest BCUT2D eigenvalue weighted by molar-refractivity contribution is 0.154. The Bertz CT molecular complexity index is 903. The summed E-state index contributed by atoms with van der Waals surface area (Å²) in [6.07, 6.45) is 4.35. The first kappa shape index (κ1) is 29.5. The van der Waals surface area contributed by atoms with Crippen LogP contribution in [0.15, 0.2) is 49.6 Å². The summed E-state index contributed by atoms with van der Waals surface area (Å²) < 4.78 is 0. The maximum Gasteiger partial charge on any atom is 0.123 e. The van der Waals surface area contributed by atoms with Crippen LogP contribution in [0.25, 0.3) is 11.1 Å². The van der Waals surface area contributed by atoms with Gasteiger partial charge in [0.1, 0.15) is 11.5 Å². The molecule has 0 saturated heterocycles. The van der Waals surface area contributed by atoms with E-state index < -0.39 is 0 Å². The summed E-state index contributed by atoms with van der Waals surface area (Å²) in [4.78, 5) is 3.73. The number of phenolic OH excluding ortho intramolecular Hbond substituents is 2. The minimum atomic E-state index is -0.0651. The second-order valence-corrected chi connectivity index (χ2v) is 8.72. The van der Waals surface area contributed by atoms with E-state index >= 15 is 0 Å². The maximum absolute atomic E-state index is 10.9. The molecule has 36 heavy (non-hydrogen) atoms. The summed E-state index contributed by atoms with van der Waals surface area (Å²) in [5, 5.41) is 59.5. The molecule has 8 nitrogen and oxygen atoms in total. The van der Waals surface area contributed by atoms with Crippen molar-refractivity contribution in [1.82, 2.24) is 9.80 Å². The highest BCUT2D eigenvalue weighted by atomic mass is 16.3. The average Bonchev–Trinajstić information content (AvgIpc) is 2.84. The Kier molecular flexibility index (Phi) is 12.6. The fraction of sp³-hybridized carbons (Fsp3) is 0.429. The first-order chi connectivity index (χ1) is 17.4. The van der Waals surface area contributed by atoms with E-state index in [1.807, 2.05) is 34.1 Å². The third-order valence-electron chi connectivity index (χ3n) is 6.05. The molecule has 0 aliphatic heterocycles. The zero-order valence-electron chi connectivity index (χ0n) is 20.9. The molecule has 0 spiro atoms. The highest BCUT2D eigenvalue weighted by Crippen LogP contribution is 2.36. The van der Waals surface area contributed by atoms with Gasteiger partial charge in [-0.15, -0.1) is 13.2 Å². The second-order valence-electron chi connectivity index (χ2n) is 8.72. The number of allylic oxidation sites excluding steroid dienone is 2. The predicted molar refractivity (Wildman–Crippen MR) is 142 cm³/mol. The molecule has 198 valence electrons. The van der Waals surface area contributed by atoms with Crippen LogP contribution >= 0.6 is 0 Å². The average molecular weight is 501 g/mol. The van der Waals surface area contributed by atoms with Gasteiger partial charge in [-0.1, -0.05) is 12.2 Å². The van der Waals surface area contributed by atoms with Crippen LogP contribution in [-0.4, -0.2) is 93.0 Å². The molecule has 0 unspecified atom stereocenters. The molecule has 8 heteroatoms. The Morgan fingerprint density at radius 1 is 0.556 bits per heavy atom. The SMILES string of the molecule is C=CCc1cc(-c2cc(CC=C)c(O)c(CN(CCO)CCO)c2)cc(CN(CCO)CCO)c1O. The van der Waals surface area contributed by atoms with E-state index in [2.05, 4.69) is 13.2 Å². The van der Waals surface area contributed by atoms with E-state index in [1.54, 1.807) is 12.2 Å². The molecule has 0 aliphatic carbocycles. The number of hydrogen-bond donors (Lipinski definition) is 6. The molecule has 0 heterocycles. The number of aliphatic hydroxyl groups is 4. The van der Waals surface area contributed by atoms with Crippen molar-refractivity contribution in [2.24, 2.45) is 0 Å². The molecule has 0 radical (unpaired) electrons. The molecule has 0 atom stereocenters. The predicted octanol–water partition coefficient (Wildman–Crippen LogP) is 1.79. The zero-order valence-corrected chi connectivity index (χ0v) is 20.9. The minimum absolute atomic E-state index is 0.0651.